The average molecular weight is 503 g/mol. The van der Waals surface area contributed by atoms with Crippen LogP contribution in [0.5, 0.6) is 0 Å². The van der Waals surface area contributed by atoms with Crippen LogP contribution in [-0.4, -0.2) is 35.8 Å². The Morgan fingerprint density at radius 1 is 0.486 bits per heavy atom. The predicted octanol–water partition coefficient (Wildman–Crippen LogP) is 2.72. The molecule has 194 valence electrons. The van der Waals surface area contributed by atoms with Gasteiger partial charge in [-0.2, -0.15) is 0 Å². The van der Waals surface area contributed by atoms with Crippen LogP contribution in [0.3, 0.4) is 0 Å². The number of nitrogens with one attached hydrogen (secondary N) is 3. The summed E-state index contributed by atoms with van der Waals surface area (Å²) in [6.45, 7) is 4.88. The van der Waals surface area contributed by atoms with E-state index in [1.54, 1.807) is 20.8 Å². The number of carbonyl (C=O) groups is 3. The van der Waals surface area contributed by atoms with Crippen molar-refractivity contribution in [1.82, 2.24) is 0 Å². The van der Waals surface area contributed by atoms with E-state index in [1.165, 1.54) is 0 Å². The van der Waals surface area contributed by atoms with Gasteiger partial charge in [-0.25, -0.2) is 0 Å². The van der Waals surface area contributed by atoms with Gasteiger partial charge < -0.3 is 33.2 Å². The molecule has 3 unspecified atom stereocenters. The van der Waals surface area contributed by atoms with E-state index in [9.17, 15) is 14.4 Å². The third-order valence-electron chi connectivity index (χ3n) is 5.78. The van der Waals surface area contributed by atoms with Gasteiger partial charge in [0.25, 0.3) is 0 Å². The molecule has 9 heteroatoms. The summed E-state index contributed by atoms with van der Waals surface area (Å²) >= 11 is 0. The Morgan fingerprint density at radius 3 is 0.892 bits per heavy atom. The lowest BCUT2D eigenvalue weighted by Crippen LogP contribution is -2.32. The molecule has 0 radical (unpaired) electrons. The fourth-order valence-corrected chi connectivity index (χ4v) is 3.62. The van der Waals surface area contributed by atoms with Gasteiger partial charge in [-0.15, -0.1) is 0 Å². The van der Waals surface area contributed by atoms with Crippen molar-refractivity contribution in [2.45, 2.75) is 44.8 Å². The normalized spacial score (nSPS) is 14.1. The summed E-state index contributed by atoms with van der Waals surface area (Å²) in [5.41, 5.74) is 21.9. The molecule has 9 N–H and O–H groups in total. The van der Waals surface area contributed by atoms with Crippen LogP contribution in [0.15, 0.2) is 72.8 Å². The van der Waals surface area contributed by atoms with Gasteiger partial charge in [-0.05, 0) is 73.9 Å². The van der Waals surface area contributed by atoms with E-state index in [-0.39, 0.29) is 23.6 Å². The molecule has 3 atom stereocenters. The zero-order valence-electron chi connectivity index (χ0n) is 21.2. The molecule has 0 saturated carbocycles. The molecule has 0 heterocycles. The second-order valence-corrected chi connectivity index (χ2v) is 9.13. The van der Waals surface area contributed by atoms with E-state index >= 15 is 0 Å². The standard InChI is InChI=1S/C28H34N6O3/c1-16(29)26(35)32-22-10-4-19(5-11-22)25(20-6-12-23(13-7-20)33-27(36)17(2)30)21-8-14-24(15-9-21)34-28(37)18(3)31/h4-18,25H,29-31H2,1-3H3,(H,32,35)(H,33,36)(H,34,37). The maximum Gasteiger partial charge on any atom is 0.240 e. The fourth-order valence-electron chi connectivity index (χ4n) is 3.62. The number of anilines is 3. The van der Waals surface area contributed by atoms with E-state index in [1.807, 2.05) is 72.8 Å². The number of nitrogens with two attached hydrogens (primary N) is 3. The Hall–Kier alpha value is -4.05. The van der Waals surface area contributed by atoms with Crippen molar-refractivity contribution < 1.29 is 14.4 Å². The number of benzene rings is 3. The van der Waals surface area contributed by atoms with Crippen LogP contribution in [-0.2, 0) is 14.4 Å². The van der Waals surface area contributed by atoms with Gasteiger partial charge in [0.05, 0.1) is 18.1 Å². The third kappa shape index (κ3) is 7.47. The number of amides is 3. The smallest absolute Gasteiger partial charge is 0.240 e. The van der Waals surface area contributed by atoms with Crippen molar-refractivity contribution >= 4 is 34.8 Å². The molecule has 9 nitrogen and oxygen atoms in total. The lowest BCUT2D eigenvalue weighted by atomic mass is 9.85. The Bertz CT molecular complexity index is 1060. The van der Waals surface area contributed by atoms with Crippen LogP contribution in [0.25, 0.3) is 0 Å². The molecule has 0 aromatic heterocycles. The van der Waals surface area contributed by atoms with Crippen molar-refractivity contribution in [2.75, 3.05) is 16.0 Å². The first-order chi connectivity index (χ1) is 17.5. The molecule has 0 bridgehead atoms. The molecule has 0 fully saturated rings. The van der Waals surface area contributed by atoms with Gasteiger partial charge in [-0.1, -0.05) is 36.4 Å². The quantitative estimate of drug-likeness (QED) is 0.246. The van der Waals surface area contributed by atoms with Crippen molar-refractivity contribution in [3.8, 4) is 0 Å². The number of hydrogen-bond donors (Lipinski definition) is 6. The molecular formula is C28H34N6O3. The van der Waals surface area contributed by atoms with E-state index in [0.29, 0.717) is 17.1 Å². The summed E-state index contributed by atoms with van der Waals surface area (Å²) in [7, 11) is 0. The first-order valence-electron chi connectivity index (χ1n) is 12.0. The zero-order valence-corrected chi connectivity index (χ0v) is 21.2. The van der Waals surface area contributed by atoms with Crippen molar-refractivity contribution in [3.05, 3.63) is 89.5 Å². The van der Waals surface area contributed by atoms with Crippen molar-refractivity contribution in [2.24, 2.45) is 17.2 Å². The Balaban J connectivity index is 1.93. The Kier molecular flexibility index (Phi) is 9.13. The average Bonchev–Trinajstić information content (AvgIpc) is 2.87. The summed E-state index contributed by atoms with van der Waals surface area (Å²) in [5.74, 6) is -0.955. The molecule has 3 aromatic rings. The number of carbonyl (C=O) groups excluding carboxylic acids is 3. The van der Waals surface area contributed by atoms with Crippen molar-refractivity contribution in [1.29, 1.82) is 0 Å². The monoisotopic (exact) mass is 502 g/mol. The molecule has 0 saturated heterocycles. The molecule has 0 spiro atoms. The zero-order chi connectivity index (χ0) is 27.1. The minimum absolute atomic E-state index is 0.158. The van der Waals surface area contributed by atoms with Crippen LogP contribution in [0.1, 0.15) is 43.4 Å². The van der Waals surface area contributed by atoms with Gasteiger partial charge >= 0.3 is 0 Å². The highest BCUT2D eigenvalue weighted by Crippen LogP contribution is 2.34. The highest BCUT2D eigenvalue weighted by atomic mass is 16.2. The lowest BCUT2D eigenvalue weighted by Gasteiger charge is -2.21. The molecule has 37 heavy (non-hydrogen) atoms. The molecule has 0 aliphatic rings. The van der Waals surface area contributed by atoms with Crippen LogP contribution in [0, 0.1) is 0 Å². The Labute approximate surface area is 216 Å². The number of hydrogen-bond acceptors (Lipinski definition) is 6. The number of rotatable bonds is 9. The second-order valence-electron chi connectivity index (χ2n) is 9.13. The molecule has 3 amide bonds. The fraction of sp³-hybridized carbons (Fsp3) is 0.250. The van der Waals surface area contributed by atoms with Crippen molar-refractivity contribution in [3.63, 3.8) is 0 Å². The van der Waals surface area contributed by atoms with E-state index in [4.69, 9.17) is 17.2 Å². The highest BCUT2D eigenvalue weighted by Gasteiger charge is 2.18. The summed E-state index contributed by atoms with van der Waals surface area (Å²) < 4.78 is 0. The topological polar surface area (TPSA) is 165 Å². The summed E-state index contributed by atoms with van der Waals surface area (Å²) in [6.07, 6.45) is 0. The van der Waals surface area contributed by atoms with Gasteiger partial charge in [0.2, 0.25) is 17.7 Å². The van der Waals surface area contributed by atoms with Crippen LogP contribution in [0.2, 0.25) is 0 Å². The maximum absolute atomic E-state index is 12.0. The van der Waals surface area contributed by atoms with Crippen LogP contribution >= 0.6 is 0 Å². The maximum atomic E-state index is 12.0. The molecule has 3 aromatic carbocycles. The highest BCUT2D eigenvalue weighted by molar-refractivity contribution is 5.95. The SMILES string of the molecule is CC(N)C(=O)Nc1ccc(C(c2ccc(NC(=O)C(C)N)cc2)c2ccc(NC(=O)C(C)N)cc2)cc1. The summed E-state index contributed by atoms with van der Waals surface area (Å²) in [5, 5.41) is 8.38. The second kappa shape index (κ2) is 12.3. The van der Waals surface area contributed by atoms with E-state index in [0.717, 1.165) is 16.7 Å². The summed E-state index contributed by atoms with van der Waals surface area (Å²) in [4.78, 5) is 35.9. The van der Waals surface area contributed by atoms with Gasteiger partial charge in [-0.3, -0.25) is 14.4 Å². The largest absolute Gasteiger partial charge is 0.325 e. The van der Waals surface area contributed by atoms with Crippen LogP contribution in [0.4, 0.5) is 17.1 Å². The first kappa shape index (κ1) is 27.5. The molecule has 0 aliphatic heterocycles. The molecule has 3 rings (SSSR count). The van der Waals surface area contributed by atoms with E-state index < -0.39 is 18.1 Å². The van der Waals surface area contributed by atoms with E-state index in [2.05, 4.69) is 16.0 Å². The van der Waals surface area contributed by atoms with Gasteiger partial charge in [0, 0.05) is 23.0 Å². The van der Waals surface area contributed by atoms with Gasteiger partial charge in [0.15, 0.2) is 0 Å². The molecular weight excluding hydrogens is 468 g/mol. The van der Waals surface area contributed by atoms with Gasteiger partial charge in [0.1, 0.15) is 0 Å². The third-order valence-corrected chi connectivity index (χ3v) is 5.78. The molecule has 0 aliphatic carbocycles. The minimum Gasteiger partial charge on any atom is -0.325 e. The Morgan fingerprint density at radius 2 is 0.703 bits per heavy atom. The first-order valence-corrected chi connectivity index (χ1v) is 12.0. The lowest BCUT2D eigenvalue weighted by molar-refractivity contribution is -0.117. The summed E-state index contributed by atoms with van der Waals surface area (Å²) in [6, 6.07) is 20.8. The minimum atomic E-state index is -0.616. The van der Waals surface area contributed by atoms with Crippen LogP contribution < -0.4 is 33.2 Å². The predicted molar refractivity (Wildman–Crippen MR) is 147 cm³/mol.